The maximum Gasteiger partial charge on any atom is 0.229 e. The molecule has 0 saturated carbocycles. The second-order valence-corrected chi connectivity index (χ2v) is 8.02. The monoisotopic (exact) mass is 390 g/mol. The number of rotatable bonds is 6. The van der Waals surface area contributed by atoms with E-state index >= 15 is 0 Å². The lowest BCUT2D eigenvalue weighted by molar-refractivity contribution is 0.264. The van der Waals surface area contributed by atoms with E-state index in [0.717, 1.165) is 11.1 Å². The highest BCUT2D eigenvalue weighted by atomic mass is 32.2. The van der Waals surface area contributed by atoms with Crippen LogP contribution >= 0.6 is 0 Å². The van der Waals surface area contributed by atoms with Crippen molar-refractivity contribution < 1.29 is 17.5 Å². The van der Waals surface area contributed by atoms with Crippen LogP contribution in [0, 0.1) is 5.82 Å². The summed E-state index contributed by atoms with van der Waals surface area (Å²) in [5.74, 6) is 0.242. The molecule has 0 bridgehead atoms. The summed E-state index contributed by atoms with van der Waals surface area (Å²) in [6, 6.07) is 13.4. The van der Waals surface area contributed by atoms with Crippen molar-refractivity contribution in [2.75, 3.05) is 19.7 Å². The van der Waals surface area contributed by atoms with Gasteiger partial charge in [0.25, 0.3) is 0 Å². The number of nitrogens with two attached hydrogens (primary N) is 1. The quantitative estimate of drug-likeness (QED) is 0.821. The van der Waals surface area contributed by atoms with E-state index in [1.54, 1.807) is 36.4 Å². The fourth-order valence-electron chi connectivity index (χ4n) is 3.38. The Hall–Kier alpha value is -2.22. The molecule has 3 rings (SSSR count). The number of sulfonamides is 1. The maximum absolute atomic E-state index is 13.1. The predicted molar refractivity (Wildman–Crippen MR) is 104 cm³/mol. The van der Waals surface area contributed by atoms with E-state index in [2.05, 4.69) is 0 Å². The van der Waals surface area contributed by atoms with Gasteiger partial charge in [0.1, 0.15) is 11.6 Å². The number of halogens is 1. The Balaban J connectivity index is 1.89. The summed E-state index contributed by atoms with van der Waals surface area (Å²) in [6.07, 6.45) is 2.62. The van der Waals surface area contributed by atoms with Crippen molar-refractivity contribution in [2.24, 2.45) is 5.14 Å². The van der Waals surface area contributed by atoms with Crippen LogP contribution in [0.4, 0.5) is 4.39 Å². The molecule has 0 saturated heterocycles. The average molecular weight is 390 g/mol. The third-order valence-corrected chi connectivity index (χ3v) is 5.76. The van der Waals surface area contributed by atoms with Gasteiger partial charge in [0.15, 0.2) is 5.37 Å². The third kappa shape index (κ3) is 4.55. The van der Waals surface area contributed by atoms with Crippen molar-refractivity contribution in [2.45, 2.75) is 18.7 Å². The van der Waals surface area contributed by atoms with Crippen LogP contribution in [0.3, 0.4) is 0 Å². The van der Waals surface area contributed by atoms with E-state index in [-0.39, 0.29) is 5.82 Å². The molecular weight excluding hydrogens is 367 g/mol. The SMILES string of the molecule is CCOc1ccccc1C(N1CC=C(c2ccc(F)cc2)CC1)S(N)(=O)=O. The first kappa shape index (κ1) is 19.5. The van der Waals surface area contributed by atoms with Gasteiger partial charge < -0.3 is 4.74 Å². The standard InChI is InChI=1S/C20H23FN2O3S/c1-2-26-19-6-4-3-5-18(19)20(27(22,24)25)23-13-11-16(12-14-23)15-7-9-17(21)10-8-15/h3-11,20H,2,12-14H2,1H3,(H2,22,24,25). The molecule has 2 aromatic rings. The molecule has 0 fully saturated rings. The first-order chi connectivity index (χ1) is 12.9. The second kappa shape index (κ2) is 8.21. The summed E-state index contributed by atoms with van der Waals surface area (Å²) < 4.78 is 43.5. The molecule has 1 atom stereocenters. The Morgan fingerprint density at radius 3 is 2.48 bits per heavy atom. The van der Waals surface area contributed by atoms with E-state index < -0.39 is 15.4 Å². The van der Waals surface area contributed by atoms with Gasteiger partial charge in [-0.1, -0.05) is 36.4 Å². The zero-order valence-electron chi connectivity index (χ0n) is 15.1. The molecule has 7 heteroatoms. The normalized spacial score (nSPS) is 16.6. The van der Waals surface area contributed by atoms with Crippen LogP contribution in [0.15, 0.2) is 54.6 Å². The molecule has 0 aliphatic carbocycles. The lowest BCUT2D eigenvalue weighted by Gasteiger charge is -2.33. The van der Waals surface area contributed by atoms with Crippen LogP contribution in [0.1, 0.15) is 29.8 Å². The molecule has 1 unspecified atom stereocenters. The third-order valence-electron chi connectivity index (χ3n) is 4.58. The molecule has 1 aliphatic rings. The van der Waals surface area contributed by atoms with Crippen LogP contribution in [0.2, 0.25) is 0 Å². The average Bonchev–Trinajstić information content (AvgIpc) is 2.64. The van der Waals surface area contributed by atoms with E-state index in [1.165, 1.54) is 12.1 Å². The molecule has 144 valence electrons. The molecule has 1 heterocycles. The van der Waals surface area contributed by atoms with Gasteiger partial charge in [-0.15, -0.1) is 0 Å². The summed E-state index contributed by atoms with van der Waals surface area (Å²) in [4.78, 5) is 1.82. The summed E-state index contributed by atoms with van der Waals surface area (Å²) in [5, 5.41) is 4.60. The van der Waals surface area contributed by atoms with Crippen LogP contribution in [-0.2, 0) is 10.0 Å². The summed E-state index contributed by atoms with van der Waals surface area (Å²) in [5.41, 5.74) is 2.55. The molecule has 5 nitrogen and oxygen atoms in total. The van der Waals surface area contributed by atoms with Gasteiger partial charge >= 0.3 is 0 Å². The van der Waals surface area contributed by atoms with Crippen molar-refractivity contribution in [3.05, 3.63) is 71.6 Å². The molecule has 1 aliphatic heterocycles. The van der Waals surface area contributed by atoms with Gasteiger partial charge in [-0.3, -0.25) is 4.90 Å². The molecule has 0 radical (unpaired) electrons. The number of primary sulfonamides is 1. The molecule has 2 N–H and O–H groups in total. The highest BCUT2D eigenvalue weighted by Gasteiger charge is 2.33. The highest BCUT2D eigenvalue weighted by Crippen LogP contribution is 2.35. The number of nitrogens with zero attached hydrogens (tertiary/aromatic N) is 1. The largest absolute Gasteiger partial charge is 0.493 e. The van der Waals surface area contributed by atoms with Crippen molar-refractivity contribution in [1.82, 2.24) is 4.90 Å². The number of hydrogen-bond donors (Lipinski definition) is 1. The Labute approximate surface area is 159 Å². The van der Waals surface area contributed by atoms with Crippen LogP contribution in [0.25, 0.3) is 5.57 Å². The Bertz CT molecular complexity index is 926. The molecule has 0 aromatic heterocycles. The van der Waals surface area contributed by atoms with Crippen LogP contribution in [0.5, 0.6) is 5.75 Å². The van der Waals surface area contributed by atoms with Gasteiger partial charge in [0, 0.05) is 18.7 Å². The smallest absolute Gasteiger partial charge is 0.229 e. The van der Waals surface area contributed by atoms with E-state index in [0.29, 0.717) is 37.4 Å². The summed E-state index contributed by atoms with van der Waals surface area (Å²) in [7, 11) is -3.88. The second-order valence-electron chi connectivity index (χ2n) is 6.39. The van der Waals surface area contributed by atoms with Crippen LogP contribution in [-0.4, -0.2) is 33.0 Å². The fraction of sp³-hybridized carbons (Fsp3) is 0.300. The van der Waals surface area contributed by atoms with Crippen molar-refractivity contribution in [3.63, 3.8) is 0 Å². The highest BCUT2D eigenvalue weighted by molar-refractivity contribution is 7.89. The maximum atomic E-state index is 13.1. The zero-order valence-corrected chi connectivity index (χ0v) is 16.0. The minimum atomic E-state index is -3.88. The Kier molecular flexibility index (Phi) is 5.94. The van der Waals surface area contributed by atoms with Gasteiger partial charge in [0.05, 0.1) is 6.61 Å². The van der Waals surface area contributed by atoms with Gasteiger partial charge in [-0.05, 0) is 42.7 Å². The molecule has 0 spiro atoms. The van der Waals surface area contributed by atoms with E-state index in [1.807, 2.05) is 17.9 Å². The number of hydrogen-bond acceptors (Lipinski definition) is 4. The number of benzene rings is 2. The minimum absolute atomic E-state index is 0.279. The molecular formula is C20H23FN2O3S. The van der Waals surface area contributed by atoms with Crippen molar-refractivity contribution in [3.8, 4) is 5.75 Å². The van der Waals surface area contributed by atoms with Crippen LogP contribution < -0.4 is 9.88 Å². The lowest BCUT2D eigenvalue weighted by Crippen LogP contribution is -2.40. The van der Waals surface area contributed by atoms with E-state index in [9.17, 15) is 12.8 Å². The Morgan fingerprint density at radius 2 is 1.89 bits per heavy atom. The van der Waals surface area contributed by atoms with Gasteiger partial charge in [-0.25, -0.2) is 17.9 Å². The van der Waals surface area contributed by atoms with Crippen molar-refractivity contribution in [1.29, 1.82) is 0 Å². The first-order valence-electron chi connectivity index (χ1n) is 8.82. The molecule has 2 aromatic carbocycles. The van der Waals surface area contributed by atoms with E-state index in [4.69, 9.17) is 9.88 Å². The van der Waals surface area contributed by atoms with Crippen molar-refractivity contribution >= 4 is 15.6 Å². The number of ether oxygens (including phenoxy) is 1. The molecule has 27 heavy (non-hydrogen) atoms. The topological polar surface area (TPSA) is 72.6 Å². The molecule has 0 amide bonds. The number of para-hydroxylation sites is 1. The van der Waals surface area contributed by atoms with Gasteiger partial charge in [-0.2, -0.15) is 0 Å². The predicted octanol–water partition coefficient (Wildman–Crippen LogP) is 3.30. The fourth-order valence-corrected chi connectivity index (χ4v) is 4.53. The Morgan fingerprint density at radius 1 is 1.19 bits per heavy atom. The first-order valence-corrected chi connectivity index (χ1v) is 10.4. The lowest BCUT2D eigenvalue weighted by atomic mass is 9.99. The zero-order chi connectivity index (χ0) is 19.4. The summed E-state index contributed by atoms with van der Waals surface area (Å²) >= 11 is 0. The van der Waals surface area contributed by atoms with Gasteiger partial charge in [0.2, 0.25) is 10.0 Å². The minimum Gasteiger partial charge on any atom is -0.493 e. The summed E-state index contributed by atoms with van der Waals surface area (Å²) in [6.45, 7) is 3.23.